The molecule has 2 amide bonds. The predicted molar refractivity (Wildman–Crippen MR) is 115 cm³/mol. The lowest BCUT2D eigenvalue weighted by Crippen LogP contribution is -2.55. The quantitative estimate of drug-likeness (QED) is 0.734. The van der Waals surface area contributed by atoms with Crippen LogP contribution in [0.1, 0.15) is 49.4 Å². The van der Waals surface area contributed by atoms with Gasteiger partial charge in [0.1, 0.15) is 5.75 Å². The first-order valence-corrected chi connectivity index (χ1v) is 10.8. The van der Waals surface area contributed by atoms with Crippen molar-refractivity contribution in [2.24, 2.45) is 5.92 Å². The SMILES string of the molecule is COc1cc(Cl)cc(C(=O)NCC2CCN(CC(=O)N(C)C3(C)CCC3)CC2)c1. The maximum absolute atomic E-state index is 12.6. The van der Waals surface area contributed by atoms with E-state index in [-0.39, 0.29) is 17.4 Å². The van der Waals surface area contributed by atoms with Crippen LogP contribution in [0, 0.1) is 5.92 Å². The number of hydrogen-bond donors (Lipinski definition) is 1. The molecule has 7 heteroatoms. The summed E-state index contributed by atoms with van der Waals surface area (Å²) in [6.07, 6.45) is 5.39. The Morgan fingerprint density at radius 3 is 2.55 bits per heavy atom. The highest BCUT2D eigenvalue weighted by Gasteiger charge is 2.38. The van der Waals surface area contributed by atoms with Crippen LogP contribution in [0.25, 0.3) is 0 Å². The lowest BCUT2D eigenvalue weighted by atomic mass is 9.77. The Kier molecular flexibility index (Phi) is 7.06. The molecule has 1 saturated heterocycles. The predicted octanol–water partition coefficient (Wildman–Crippen LogP) is 3.19. The molecular formula is C22H32ClN3O3. The summed E-state index contributed by atoms with van der Waals surface area (Å²) < 4.78 is 5.17. The smallest absolute Gasteiger partial charge is 0.251 e. The molecule has 0 aromatic heterocycles. The number of likely N-dealkylation sites (tertiary alicyclic amines) is 1. The van der Waals surface area contributed by atoms with Crippen molar-refractivity contribution in [2.75, 3.05) is 40.3 Å². The van der Waals surface area contributed by atoms with Gasteiger partial charge in [-0.2, -0.15) is 0 Å². The fraction of sp³-hybridized carbons (Fsp3) is 0.636. The summed E-state index contributed by atoms with van der Waals surface area (Å²) in [5.74, 6) is 1.07. The van der Waals surface area contributed by atoms with E-state index < -0.39 is 0 Å². The summed E-state index contributed by atoms with van der Waals surface area (Å²) in [4.78, 5) is 29.2. The van der Waals surface area contributed by atoms with E-state index in [4.69, 9.17) is 16.3 Å². The molecule has 1 heterocycles. The number of rotatable bonds is 7. The van der Waals surface area contributed by atoms with E-state index in [2.05, 4.69) is 17.1 Å². The van der Waals surface area contributed by atoms with Gasteiger partial charge in [0.15, 0.2) is 0 Å². The fourth-order valence-corrected chi connectivity index (χ4v) is 4.35. The number of nitrogens with zero attached hydrogens (tertiary/aromatic N) is 2. The van der Waals surface area contributed by atoms with Crippen LogP contribution in [0.4, 0.5) is 0 Å². The maximum Gasteiger partial charge on any atom is 0.251 e. The molecule has 1 aliphatic heterocycles. The van der Waals surface area contributed by atoms with E-state index in [1.165, 1.54) is 6.42 Å². The zero-order valence-corrected chi connectivity index (χ0v) is 18.4. The normalized spacial score (nSPS) is 19.3. The summed E-state index contributed by atoms with van der Waals surface area (Å²) in [5.41, 5.74) is 0.563. The van der Waals surface area contributed by atoms with Gasteiger partial charge in [-0.25, -0.2) is 0 Å². The third-order valence-corrected chi connectivity index (χ3v) is 6.82. The second-order valence-electron chi connectivity index (χ2n) is 8.61. The first-order valence-electron chi connectivity index (χ1n) is 10.4. The third-order valence-electron chi connectivity index (χ3n) is 6.60. The van der Waals surface area contributed by atoms with Crippen molar-refractivity contribution in [3.05, 3.63) is 28.8 Å². The van der Waals surface area contributed by atoms with Gasteiger partial charge in [0, 0.05) is 29.7 Å². The standard InChI is InChI=1S/C22H32ClN3O3/c1-22(7-4-8-22)25(2)20(27)15-26-9-5-16(6-10-26)14-24-21(28)17-11-18(23)13-19(12-17)29-3/h11-13,16H,4-10,14-15H2,1-3H3,(H,24,28). The molecule has 160 valence electrons. The number of nitrogens with one attached hydrogen (secondary N) is 1. The van der Waals surface area contributed by atoms with Gasteiger partial charge >= 0.3 is 0 Å². The Morgan fingerprint density at radius 1 is 1.28 bits per heavy atom. The van der Waals surface area contributed by atoms with Crippen molar-refractivity contribution in [1.82, 2.24) is 15.1 Å². The van der Waals surface area contributed by atoms with E-state index in [0.717, 1.165) is 38.8 Å². The minimum absolute atomic E-state index is 0.0582. The second kappa shape index (κ2) is 9.35. The minimum Gasteiger partial charge on any atom is -0.497 e. The molecule has 0 spiro atoms. The van der Waals surface area contributed by atoms with E-state index in [1.54, 1.807) is 25.3 Å². The first-order chi connectivity index (χ1) is 13.8. The minimum atomic E-state index is -0.140. The molecule has 1 saturated carbocycles. The molecular weight excluding hydrogens is 390 g/mol. The Labute approximate surface area is 178 Å². The molecule has 1 aliphatic carbocycles. The molecule has 2 aliphatic rings. The van der Waals surface area contributed by atoms with Gasteiger partial charge in [0.2, 0.25) is 5.91 Å². The van der Waals surface area contributed by atoms with Crippen LogP contribution >= 0.6 is 11.6 Å². The molecule has 6 nitrogen and oxygen atoms in total. The van der Waals surface area contributed by atoms with Crippen molar-refractivity contribution in [3.8, 4) is 5.75 Å². The number of ether oxygens (including phenoxy) is 1. The van der Waals surface area contributed by atoms with E-state index in [1.807, 2.05) is 11.9 Å². The summed E-state index contributed by atoms with van der Waals surface area (Å²) in [6, 6.07) is 5.01. The van der Waals surface area contributed by atoms with Crippen molar-refractivity contribution in [1.29, 1.82) is 0 Å². The van der Waals surface area contributed by atoms with E-state index >= 15 is 0 Å². The number of halogens is 1. The molecule has 0 atom stereocenters. The van der Waals surface area contributed by atoms with Crippen molar-refractivity contribution in [2.45, 2.75) is 44.6 Å². The van der Waals surface area contributed by atoms with Gasteiger partial charge in [-0.15, -0.1) is 0 Å². The molecule has 1 N–H and O–H groups in total. The van der Waals surface area contributed by atoms with E-state index in [0.29, 0.717) is 35.3 Å². The highest BCUT2D eigenvalue weighted by atomic mass is 35.5. The number of carbonyl (C=O) groups is 2. The van der Waals surface area contributed by atoms with E-state index in [9.17, 15) is 9.59 Å². The van der Waals surface area contributed by atoms with Gasteiger partial charge in [-0.3, -0.25) is 14.5 Å². The lowest BCUT2D eigenvalue weighted by molar-refractivity contribution is -0.139. The third kappa shape index (κ3) is 5.43. The van der Waals surface area contributed by atoms with Gasteiger partial charge in [0.25, 0.3) is 5.91 Å². The number of methoxy groups -OCH3 is 1. The molecule has 0 unspecified atom stereocenters. The number of hydrogen-bond acceptors (Lipinski definition) is 4. The Morgan fingerprint density at radius 2 is 1.97 bits per heavy atom. The first kappa shape index (κ1) is 21.9. The number of piperidine rings is 1. The maximum atomic E-state index is 12.6. The van der Waals surface area contributed by atoms with Crippen LogP contribution in [0.2, 0.25) is 5.02 Å². The summed E-state index contributed by atoms with van der Waals surface area (Å²) in [5, 5.41) is 3.49. The Hall–Kier alpha value is -1.79. The van der Waals surface area contributed by atoms with Crippen LogP contribution < -0.4 is 10.1 Å². The zero-order valence-electron chi connectivity index (χ0n) is 17.7. The molecule has 3 rings (SSSR count). The highest BCUT2D eigenvalue weighted by molar-refractivity contribution is 6.31. The average Bonchev–Trinajstić information content (AvgIpc) is 2.70. The average molecular weight is 422 g/mol. The highest BCUT2D eigenvalue weighted by Crippen LogP contribution is 2.36. The summed E-state index contributed by atoms with van der Waals surface area (Å²) in [6.45, 7) is 5.09. The van der Waals surface area contributed by atoms with Crippen LogP contribution in [0.5, 0.6) is 5.75 Å². The molecule has 29 heavy (non-hydrogen) atoms. The van der Waals surface area contributed by atoms with Crippen LogP contribution in [-0.4, -0.2) is 67.5 Å². The van der Waals surface area contributed by atoms with Crippen LogP contribution in [-0.2, 0) is 4.79 Å². The summed E-state index contributed by atoms with van der Waals surface area (Å²) in [7, 11) is 3.49. The molecule has 1 aromatic carbocycles. The lowest BCUT2D eigenvalue weighted by Gasteiger charge is -2.46. The molecule has 2 fully saturated rings. The van der Waals surface area contributed by atoms with Crippen molar-refractivity contribution < 1.29 is 14.3 Å². The topological polar surface area (TPSA) is 61.9 Å². The van der Waals surface area contributed by atoms with Gasteiger partial charge in [-0.05, 0) is 76.2 Å². The summed E-state index contributed by atoms with van der Waals surface area (Å²) >= 11 is 6.05. The van der Waals surface area contributed by atoms with Gasteiger partial charge < -0.3 is 15.0 Å². The van der Waals surface area contributed by atoms with Crippen molar-refractivity contribution in [3.63, 3.8) is 0 Å². The number of amides is 2. The van der Waals surface area contributed by atoms with Gasteiger partial charge in [0.05, 0.1) is 13.7 Å². The monoisotopic (exact) mass is 421 g/mol. The Bertz CT molecular complexity index is 743. The zero-order chi connectivity index (χ0) is 21.0. The molecule has 1 aromatic rings. The van der Waals surface area contributed by atoms with Gasteiger partial charge in [-0.1, -0.05) is 11.6 Å². The fourth-order valence-electron chi connectivity index (χ4n) is 4.12. The molecule has 0 radical (unpaired) electrons. The number of carbonyl (C=O) groups excluding carboxylic acids is 2. The van der Waals surface area contributed by atoms with Crippen molar-refractivity contribution >= 4 is 23.4 Å². The number of likely N-dealkylation sites (N-methyl/N-ethyl adjacent to an activating group) is 1. The van der Waals surface area contributed by atoms with Crippen LogP contribution in [0.15, 0.2) is 18.2 Å². The number of benzene rings is 1. The molecule has 0 bridgehead atoms. The van der Waals surface area contributed by atoms with Crippen LogP contribution in [0.3, 0.4) is 0 Å². The largest absolute Gasteiger partial charge is 0.497 e. The Balaban J connectivity index is 1.41. The second-order valence-corrected chi connectivity index (χ2v) is 9.05.